The van der Waals surface area contributed by atoms with E-state index in [4.69, 9.17) is 5.73 Å². The molecule has 1 aliphatic rings. The summed E-state index contributed by atoms with van der Waals surface area (Å²) in [7, 11) is 0. The average molecular weight is 447 g/mol. The van der Waals surface area contributed by atoms with Gasteiger partial charge < -0.3 is 11.1 Å². The van der Waals surface area contributed by atoms with Crippen molar-refractivity contribution in [2.75, 3.05) is 5.32 Å². The Morgan fingerprint density at radius 2 is 1.91 bits per heavy atom. The number of benzene rings is 2. The third kappa shape index (κ3) is 5.31. The smallest absolute Gasteiger partial charge is 0.254 e. The zero-order chi connectivity index (χ0) is 22.3. The van der Waals surface area contributed by atoms with E-state index in [1.807, 2.05) is 42.5 Å². The van der Waals surface area contributed by atoms with Gasteiger partial charge in [-0.15, -0.1) is 0 Å². The lowest BCUT2D eigenvalue weighted by molar-refractivity contribution is 0.100. The van der Waals surface area contributed by atoms with Crippen LogP contribution in [0.3, 0.4) is 0 Å². The Hall–Kier alpha value is -3.28. The monoisotopic (exact) mass is 446 g/mol. The molecule has 1 aliphatic carbocycles. The highest BCUT2D eigenvalue weighted by atomic mass is 32.2. The van der Waals surface area contributed by atoms with Crippen molar-refractivity contribution in [1.29, 1.82) is 5.26 Å². The molecule has 0 radical (unpaired) electrons. The molecule has 7 nitrogen and oxygen atoms in total. The minimum Gasteiger partial charge on any atom is -0.365 e. The van der Waals surface area contributed by atoms with Crippen molar-refractivity contribution >= 4 is 29.4 Å². The van der Waals surface area contributed by atoms with Gasteiger partial charge in [0.25, 0.3) is 5.91 Å². The molecule has 1 fully saturated rings. The van der Waals surface area contributed by atoms with Gasteiger partial charge in [0, 0.05) is 23.3 Å². The van der Waals surface area contributed by atoms with E-state index in [2.05, 4.69) is 33.3 Å². The quantitative estimate of drug-likeness (QED) is 0.430. The number of rotatable bonds is 8. The van der Waals surface area contributed by atoms with Crippen molar-refractivity contribution in [2.45, 2.75) is 43.2 Å². The molecule has 8 heteroatoms. The van der Waals surface area contributed by atoms with Gasteiger partial charge in [-0.2, -0.15) is 10.4 Å². The van der Waals surface area contributed by atoms with Gasteiger partial charge in [0.1, 0.15) is 5.56 Å². The molecule has 2 atom stereocenters. The predicted molar refractivity (Wildman–Crippen MR) is 126 cm³/mol. The van der Waals surface area contributed by atoms with E-state index in [9.17, 15) is 10.1 Å². The van der Waals surface area contributed by atoms with Gasteiger partial charge in [-0.1, -0.05) is 43.2 Å². The van der Waals surface area contributed by atoms with Gasteiger partial charge in [0.2, 0.25) is 0 Å². The molecule has 164 valence electrons. The molecule has 2 unspecified atom stereocenters. The lowest BCUT2D eigenvalue weighted by Crippen LogP contribution is -2.22. The topological polar surface area (TPSA) is 109 Å². The minimum absolute atomic E-state index is 0.0307. The Morgan fingerprint density at radius 3 is 2.62 bits per heavy atom. The number of anilines is 2. The summed E-state index contributed by atoms with van der Waals surface area (Å²) < 4.78 is 5.10. The summed E-state index contributed by atoms with van der Waals surface area (Å²) in [6.07, 6.45) is 5.50. The number of carbonyl (C=O) groups excluding carboxylic acids is 1. The highest BCUT2D eigenvalue weighted by Crippen LogP contribution is 2.34. The third-order valence-corrected chi connectivity index (χ3v) is 6.46. The molecule has 0 spiro atoms. The van der Waals surface area contributed by atoms with E-state index in [-0.39, 0.29) is 12.0 Å². The minimum atomic E-state index is -0.541. The fraction of sp³-hybridized carbons (Fsp3) is 0.292. The summed E-state index contributed by atoms with van der Waals surface area (Å²) in [5.41, 5.74) is 7.96. The normalized spacial score (nSPS) is 18.1. The van der Waals surface area contributed by atoms with Crippen molar-refractivity contribution in [3.8, 4) is 6.07 Å². The number of nitrogens with one attached hydrogen (secondary N) is 2. The van der Waals surface area contributed by atoms with E-state index in [0.29, 0.717) is 11.4 Å². The standard InChI is InChI=1S/C24H26N6OS/c25-14-18-8-4-5-9-22(18)30-16-21(23(26)31)24(29-30)28-19-10-12-20(13-11-19)32-27-15-17-6-2-1-3-7-17/h1-3,6-7,10-13,16,18,22,27H,4-5,8-9,15H2,(H2,26,31)(H,28,29). The van der Waals surface area contributed by atoms with Crippen LogP contribution in [0.4, 0.5) is 11.5 Å². The van der Waals surface area contributed by atoms with Crippen molar-refractivity contribution in [3.05, 3.63) is 71.9 Å². The fourth-order valence-electron chi connectivity index (χ4n) is 3.95. The van der Waals surface area contributed by atoms with Crippen LogP contribution in [-0.4, -0.2) is 15.7 Å². The van der Waals surface area contributed by atoms with Crippen LogP contribution in [0.2, 0.25) is 0 Å². The molecule has 2 aromatic carbocycles. The fourth-order valence-corrected chi connectivity index (χ4v) is 4.63. The highest BCUT2D eigenvalue weighted by molar-refractivity contribution is 7.97. The number of nitriles is 1. The zero-order valence-electron chi connectivity index (χ0n) is 17.7. The molecule has 0 bridgehead atoms. The Morgan fingerprint density at radius 1 is 1.16 bits per heavy atom. The molecule has 0 saturated heterocycles. The predicted octanol–water partition coefficient (Wildman–Crippen LogP) is 4.78. The first kappa shape index (κ1) is 21.9. The third-order valence-electron chi connectivity index (χ3n) is 5.66. The number of carbonyl (C=O) groups is 1. The summed E-state index contributed by atoms with van der Waals surface area (Å²) in [6, 6.07) is 20.5. The van der Waals surface area contributed by atoms with Crippen LogP contribution in [0.25, 0.3) is 0 Å². The number of amides is 1. The number of hydrogen-bond acceptors (Lipinski definition) is 6. The Balaban J connectivity index is 1.42. The van der Waals surface area contributed by atoms with Crippen LogP contribution in [0.1, 0.15) is 47.6 Å². The first-order chi connectivity index (χ1) is 15.6. The van der Waals surface area contributed by atoms with Crippen LogP contribution in [0, 0.1) is 17.2 Å². The molecule has 0 aliphatic heterocycles. The maximum atomic E-state index is 12.0. The maximum Gasteiger partial charge on any atom is 0.254 e. The summed E-state index contributed by atoms with van der Waals surface area (Å²) in [4.78, 5) is 13.1. The molecule has 4 rings (SSSR count). The Labute approximate surface area is 192 Å². The number of nitrogens with two attached hydrogens (primary N) is 1. The van der Waals surface area contributed by atoms with Crippen LogP contribution in [0.5, 0.6) is 0 Å². The van der Waals surface area contributed by atoms with Gasteiger partial charge in [-0.05, 0) is 54.6 Å². The first-order valence-corrected chi connectivity index (χ1v) is 11.5. The Bertz CT molecular complexity index is 1090. The zero-order valence-corrected chi connectivity index (χ0v) is 18.5. The van der Waals surface area contributed by atoms with E-state index in [1.54, 1.807) is 22.8 Å². The van der Waals surface area contributed by atoms with Crippen LogP contribution < -0.4 is 15.8 Å². The lowest BCUT2D eigenvalue weighted by Gasteiger charge is -2.26. The van der Waals surface area contributed by atoms with Crippen molar-refractivity contribution in [1.82, 2.24) is 14.5 Å². The van der Waals surface area contributed by atoms with E-state index in [1.165, 1.54) is 5.56 Å². The number of aromatic nitrogens is 2. The first-order valence-electron chi connectivity index (χ1n) is 10.7. The largest absolute Gasteiger partial charge is 0.365 e. The Kier molecular flexibility index (Phi) is 7.10. The second-order valence-corrected chi connectivity index (χ2v) is 8.85. The molecular weight excluding hydrogens is 420 g/mol. The lowest BCUT2D eigenvalue weighted by atomic mass is 9.85. The SMILES string of the molecule is N#CC1CCCCC1n1cc(C(N)=O)c(Nc2ccc(SNCc3ccccc3)cc2)n1. The second-order valence-electron chi connectivity index (χ2n) is 7.88. The van der Waals surface area contributed by atoms with Crippen LogP contribution in [-0.2, 0) is 6.54 Å². The van der Waals surface area contributed by atoms with Crippen molar-refractivity contribution in [2.24, 2.45) is 11.7 Å². The maximum absolute atomic E-state index is 12.0. The van der Waals surface area contributed by atoms with Gasteiger partial charge in [0.15, 0.2) is 5.82 Å². The number of nitrogens with zero attached hydrogens (tertiary/aromatic N) is 3. The van der Waals surface area contributed by atoms with Gasteiger partial charge >= 0.3 is 0 Å². The van der Waals surface area contributed by atoms with Crippen molar-refractivity contribution < 1.29 is 4.79 Å². The summed E-state index contributed by atoms with van der Waals surface area (Å²) >= 11 is 1.56. The highest BCUT2D eigenvalue weighted by Gasteiger charge is 2.28. The summed E-state index contributed by atoms with van der Waals surface area (Å²) in [5, 5.41) is 17.3. The van der Waals surface area contributed by atoms with Crippen LogP contribution >= 0.6 is 11.9 Å². The molecule has 4 N–H and O–H groups in total. The molecule has 32 heavy (non-hydrogen) atoms. The number of primary amides is 1. The van der Waals surface area contributed by atoms with E-state index >= 15 is 0 Å². The van der Waals surface area contributed by atoms with E-state index in [0.717, 1.165) is 42.8 Å². The van der Waals surface area contributed by atoms with Crippen molar-refractivity contribution in [3.63, 3.8) is 0 Å². The summed E-state index contributed by atoms with van der Waals surface area (Å²) in [6.45, 7) is 0.774. The average Bonchev–Trinajstić information content (AvgIpc) is 3.25. The van der Waals surface area contributed by atoms with E-state index < -0.39 is 5.91 Å². The number of hydrogen-bond donors (Lipinski definition) is 3. The second kappa shape index (κ2) is 10.4. The molecule has 1 aromatic heterocycles. The molecule has 3 aromatic rings. The van der Waals surface area contributed by atoms with Gasteiger partial charge in [-0.25, -0.2) is 0 Å². The molecule has 1 heterocycles. The summed E-state index contributed by atoms with van der Waals surface area (Å²) in [5.74, 6) is -0.223. The van der Waals surface area contributed by atoms with Gasteiger partial charge in [-0.3, -0.25) is 14.2 Å². The molecule has 1 saturated carbocycles. The van der Waals surface area contributed by atoms with Gasteiger partial charge in [0.05, 0.1) is 18.0 Å². The molecule has 1 amide bonds. The van der Waals surface area contributed by atoms with Crippen LogP contribution in [0.15, 0.2) is 65.7 Å². The molecular formula is C24H26N6OS.